The van der Waals surface area contributed by atoms with Crippen molar-refractivity contribution in [3.8, 4) is 17.0 Å². The Labute approximate surface area is 155 Å². The average Bonchev–Trinajstić information content (AvgIpc) is 2.65. The summed E-state index contributed by atoms with van der Waals surface area (Å²) in [5, 5.41) is 25.9. The van der Waals surface area contributed by atoms with E-state index >= 15 is 0 Å². The molecule has 1 aromatic carbocycles. The molecular weight excluding hydrogens is 354 g/mol. The molecule has 3 rings (SSSR count). The van der Waals surface area contributed by atoms with Gasteiger partial charge in [0, 0.05) is 35.1 Å². The summed E-state index contributed by atoms with van der Waals surface area (Å²) in [5.41, 5.74) is 1.96. The SMILES string of the molecule is C[C@H](CO)Nc1nc(Nc2cc(Cl)ccc2O)cc(-c2ccncc2)n1. The van der Waals surface area contributed by atoms with Gasteiger partial charge in [-0.25, -0.2) is 4.98 Å². The number of rotatable bonds is 6. The van der Waals surface area contributed by atoms with Crippen molar-refractivity contribution in [2.75, 3.05) is 17.2 Å². The van der Waals surface area contributed by atoms with Gasteiger partial charge >= 0.3 is 0 Å². The summed E-state index contributed by atoms with van der Waals surface area (Å²) in [7, 11) is 0. The lowest BCUT2D eigenvalue weighted by Gasteiger charge is -2.14. The number of hydrogen-bond acceptors (Lipinski definition) is 7. The number of aliphatic hydroxyl groups excluding tert-OH is 1. The molecule has 0 aliphatic heterocycles. The van der Waals surface area contributed by atoms with E-state index in [9.17, 15) is 10.2 Å². The van der Waals surface area contributed by atoms with E-state index in [1.165, 1.54) is 6.07 Å². The monoisotopic (exact) mass is 371 g/mol. The molecule has 3 aromatic rings. The highest BCUT2D eigenvalue weighted by Crippen LogP contribution is 2.30. The number of aliphatic hydroxyl groups is 1. The van der Waals surface area contributed by atoms with Gasteiger partial charge in [-0.15, -0.1) is 0 Å². The lowest BCUT2D eigenvalue weighted by molar-refractivity contribution is 0.281. The first-order chi connectivity index (χ1) is 12.5. The van der Waals surface area contributed by atoms with E-state index in [0.29, 0.717) is 28.2 Å². The maximum Gasteiger partial charge on any atom is 0.225 e. The Morgan fingerprint density at radius 2 is 1.88 bits per heavy atom. The van der Waals surface area contributed by atoms with Gasteiger partial charge in [-0.3, -0.25) is 4.98 Å². The summed E-state index contributed by atoms with van der Waals surface area (Å²) in [6.45, 7) is 1.76. The fourth-order valence-electron chi connectivity index (χ4n) is 2.26. The molecule has 0 unspecified atom stereocenters. The van der Waals surface area contributed by atoms with Crippen molar-refractivity contribution in [2.45, 2.75) is 13.0 Å². The highest BCUT2D eigenvalue weighted by molar-refractivity contribution is 6.30. The fourth-order valence-corrected chi connectivity index (χ4v) is 2.43. The minimum Gasteiger partial charge on any atom is -0.506 e. The van der Waals surface area contributed by atoms with Crippen molar-refractivity contribution in [3.63, 3.8) is 0 Å². The number of aromatic nitrogens is 3. The zero-order valence-electron chi connectivity index (χ0n) is 14.0. The first-order valence-corrected chi connectivity index (χ1v) is 8.35. The molecule has 0 saturated carbocycles. The van der Waals surface area contributed by atoms with Crippen molar-refractivity contribution in [1.82, 2.24) is 15.0 Å². The average molecular weight is 372 g/mol. The first-order valence-electron chi connectivity index (χ1n) is 7.97. The molecule has 0 aliphatic carbocycles. The van der Waals surface area contributed by atoms with E-state index in [1.54, 1.807) is 30.6 Å². The molecule has 134 valence electrons. The van der Waals surface area contributed by atoms with Crippen molar-refractivity contribution < 1.29 is 10.2 Å². The summed E-state index contributed by atoms with van der Waals surface area (Å²) in [6.07, 6.45) is 3.35. The third-order valence-corrected chi connectivity index (χ3v) is 3.81. The van der Waals surface area contributed by atoms with Crippen LogP contribution in [0.4, 0.5) is 17.5 Å². The number of phenols is 1. The Kier molecular flexibility index (Phi) is 5.50. The highest BCUT2D eigenvalue weighted by Gasteiger charge is 2.11. The normalized spacial score (nSPS) is 11.8. The van der Waals surface area contributed by atoms with Gasteiger partial charge in [0.2, 0.25) is 5.95 Å². The lowest BCUT2D eigenvalue weighted by atomic mass is 10.2. The van der Waals surface area contributed by atoms with Crippen LogP contribution in [-0.4, -0.2) is 37.8 Å². The predicted molar refractivity (Wildman–Crippen MR) is 102 cm³/mol. The van der Waals surface area contributed by atoms with E-state index in [0.717, 1.165) is 5.56 Å². The smallest absolute Gasteiger partial charge is 0.225 e. The fraction of sp³-hybridized carbons (Fsp3) is 0.167. The molecular formula is C18H18ClN5O2. The summed E-state index contributed by atoms with van der Waals surface area (Å²) in [6, 6.07) is 9.92. The number of benzene rings is 1. The summed E-state index contributed by atoms with van der Waals surface area (Å²) in [4.78, 5) is 12.9. The molecule has 0 spiro atoms. The van der Waals surface area contributed by atoms with Crippen molar-refractivity contribution in [2.24, 2.45) is 0 Å². The van der Waals surface area contributed by atoms with Gasteiger partial charge in [0.05, 0.1) is 18.0 Å². The molecule has 2 aromatic heterocycles. The van der Waals surface area contributed by atoms with Crippen molar-refractivity contribution >= 4 is 29.1 Å². The van der Waals surface area contributed by atoms with Crippen LogP contribution in [0.25, 0.3) is 11.3 Å². The number of aromatic hydroxyl groups is 1. The molecule has 4 N–H and O–H groups in total. The Morgan fingerprint density at radius 3 is 2.62 bits per heavy atom. The third kappa shape index (κ3) is 4.38. The zero-order chi connectivity index (χ0) is 18.5. The van der Waals surface area contributed by atoms with Gasteiger partial charge in [0.1, 0.15) is 11.6 Å². The molecule has 8 heteroatoms. The molecule has 0 amide bonds. The summed E-state index contributed by atoms with van der Waals surface area (Å²) in [5.74, 6) is 0.874. The Balaban J connectivity index is 2.00. The van der Waals surface area contributed by atoms with Crippen LogP contribution in [0.1, 0.15) is 6.92 Å². The Bertz CT molecular complexity index is 892. The maximum atomic E-state index is 10.0. The van der Waals surface area contributed by atoms with Crippen LogP contribution < -0.4 is 10.6 Å². The van der Waals surface area contributed by atoms with E-state index in [1.807, 2.05) is 19.1 Å². The Morgan fingerprint density at radius 1 is 1.12 bits per heavy atom. The highest BCUT2D eigenvalue weighted by atomic mass is 35.5. The second-order valence-electron chi connectivity index (χ2n) is 5.71. The number of hydrogen-bond donors (Lipinski definition) is 4. The van der Waals surface area contributed by atoms with Crippen LogP contribution in [0.5, 0.6) is 5.75 Å². The second kappa shape index (κ2) is 7.99. The van der Waals surface area contributed by atoms with Gasteiger partial charge in [0.15, 0.2) is 0 Å². The predicted octanol–water partition coefficient (Wildman–Crippen LogP) is 3.43. The molecule has 0 aliphatic rings. The quantitative estimate of drug-likeness (QED) is 0.492. The molecule has 0 saturated heterocycles. The molecule has 7 nitrogen and oxygen atoms in total. The van der Waals surface area contributed by atoms with Crippen LogP contribution in [-0.2, 0) is 0 Å². The number of nitrogens with one attached hydrogen (secondary N) is 2. The zero-order valence-corrected chi connectivity index (χ0v) is 14.8. The summed E-state index contributed by atoms with van der Waals surface area (Å²) >= 11 is 6.00. The van der Waals surface area contributed by atoms with Crippen molar-refractivity contribution in [3.05, 3.63) is 53.8 Å². The van der Waals surface area contributed by atoms with Gasteiger partial charge < -0.3 is 20.8 Å². The van der Waals surface area contributed by atoms with Crippen LogP contribution in [0.3, 0.4) is 0 Å². The number of nitrogens with zero attached hydrogens (tertiary/aromatic N) is 3. The molecule has 26 heavy (non-hydrogen) atoms. The van der Waals surface area contributed by atoms with Gasteiger partial charge in [-0.2, -0.15) is 4.98 Å². The topological polar surface area (TPSA) is 103 Å². The van der Waals surface area contributed by atoms with E-state index in [-0.39, 0.29) is 18.4 Å². The number of pyridine rings is 1. The minimum atomic E-state index is -0.213. The largest absolute Gasteiger partial charge is 0.506 e. The first kappa shape index (κ1) is 17.9. The van der Waals surface area contributed by atoms with Gasteiger partial charge in [0.25, 0.3) is 0 Å². The number of halogens is 1. The standard InChI is InChI=1S/C18H18ClN5O2/c1-11(10-25)21-18-23-14(12-4-6-20-7-5-12)9-17(24-18)22-15-8-13(19)2-3-16(15)26/h2-9,11,25-26H,10H2,1H3,(H2,21,22,23,24)/t11-/m1/s1. The molecule has 0 bridgehead atoms. The van der Waals surface area contributed by atoms with Gasteiger partial charge in [-0.1, -0.05) is 11.6 Å². The summed E-state index contributed by atoms with van der Waals surface area (Å²) < 4.78 is 0. The molecule has 0 fully saturated rings. The van der Waals surface area contributed by atoms with Crippen molar-refractivity contribution in [1.29, 1.82) is 0 Å². The third-order valence-electron chi connectivity index (χ3n) is 3.57. The maximum absolute atomic E-state index is 10.0. The lowest BCUT2D eigenvalue weighted by Crippen LogP contribution is -2.21. The van der Waals surface area contributed by atoms with E-state index in [4.69, 9.17) is 11.6 Å². The van der Waals surface area contributed by atoms with E-state index in [2.05, 4.69) is 25.6 Å². The Hall–Kier alpha value is -2.90. The van der Waals surface area contributed by atoms with Crippen LogP contribution in [0, 0.1) is 0 Å². The van der Waals surface area contributed by atoms with E-state index < -0.39 is 0 Å². The van der Waals surface area contributed by atoms with Crippen LogP contribution in [0.15, 0.2) is 48.8 Å². The number of anilines is 3. The molecule has 0 radical (unpaired) electrons. The van der Waals surface area contributed by atoms with Crippen LogP contribution in [0.2, 0.25) is 5.02 Å². The van der Waals surface area contributed by atoms with Crippen LogP contribution >= 0.6 is 11.6 Å². The number of phenolic OH excluding ortho intramolecular Hbond substituents is 1. The molecule has 1 atom stereocenters. The minimum absolute atomic E-state index is 0.0525. The molecule has 2 heterocycles. The second-order valence-corrected chi connectivity index (χ2v) is 6.15. The van der Waals surface area contributed by atoms with Gasteiger partial charge in [-0.05, 0) is 37.3 Å².